The summed E-state index contributed by atoms with van der Waals surface area (Å²) < 4.78 is 39.3. The Bertz CT molecular complexity index is 1070. The van der Waals surface area contributed by atoms with Crippen LogP contribution in [0.2, 0.25) is 18.1 Å². The second kappa shape index (κ2) is 11.2. The lowest BCUT2D eigenvalue weighted by molar-refractivity contribution is 0.111. The molecule has 1 aromatic heterocycles. The number of nitrogens with zero attached hydrogens (tertiary/aromatic N) is 3. The Hall–Kier alpha value is -2.59. The number of aldehydes is 1. The zero-order valence-corrected chi connectivity index (χ0v) is 23.3. The molecule has 1 saturated heterocycles. The third-order valence-corrected chi connectivity index (χ3v) is 11.3. The Morgan fingerprint density at radius 1 is 1.19 bits per heavy atom. The molecule has 1 aliphatic rings. The van der Waals surface area contributed by atoms with Crippen LogP contribution in [0.1, 0.15) is 63.6 Å². The number of hydrogen-bond acceptors (Lipinski definition) is 7. The number of halogens is 2. The van der Waals surface area contributed by atoms with Gasteiger partial charge in [-0.2, -0.15) is 0 Å². The number of aromatic nitrogens is 2. The standard InChI is InChI=1S/C26H38F2N4O3Si/c1-17(2)29-24-25(31-21(15-33)22(30-24)16-34-36(6,7)26(3,4)5)32-12-10-19(11-13-32)35-23-9-8-18(27)14-20(23)28/h8-9,14-15,17,19H,10-13,16H2,1-7H3,(H,29,30). The predicted octanol–water partition coefficient (Wildman–Crippen LogP) is 5.96. The van der Waals surface area contributed by atoms with Crippen LogP contribution in [0, 0.1) is 11.6 Å². The van der Waals surface area contributed by atoms with E-state index in [1.54, 1.807) is 0 Å². The van der Waals surface area contributed by atoms with E-state index in [4.69, 9.17) is 14.1 Å². The first-order valence-electron chi connectivity index (χ1n) is 12.4. The predicted molar refractivity (Wildman–Crippen MR) is 140 cm³/mol. The van der Waals surface area contributed by atoms with Gasteiger partial charge in [-0.3, -0.25) is 4.79 Å². The van der Waals surface area contributed by atoms with Gasteiger partial charge >= 0.3 is 0 Å². The number of benzene rings is 1. The van der Waals surface area contributed by atoms with Gasteiger partial charge < -0.3 is 19.4 Å². The van der Waals surface area contributed by atoms with Gasteiger partial charge in [-0.1, -0.05) is 20.8 Å². The van der Waals surface area contributed by atoms with Gasteiger partial charge in [0.1, 0.15) is 17.6 Å². The average molecular weight is 521 g/mol. The van der Waals surface area contributed by atoms with Gasteiger partial charge in [-0.25, -0.2) is 18.7 Å². The molecule has 2 heterocycles. The van der Waals surface area contributed by atoms with Gasteiger partial charge in [-0.15, -0.1) is 0 Å². The first kappa shape index (κ1) is 28.0. The number of rotatable bonds is 9. The third-order valence-electron chi connectivity index (χ3n) is 6.82. The molecule has 0 aliphatic carbocycles. The van der Waals surface area contributed by atoms with Gasteiger partial charge in [0.15, 0.2) is 37.8 Å². The molecule has 36 heavy (non-hydrogen) atoms. The van der Waals surface area contributed by atoms with Gasteiger partial charge in [0.05, 0.1) is 12.3 Å². The molecule has 3 rings (SSSR count). The molecule has 0 saturated carbocycles. The first-order chi connectivity index (χ1) is 16.8. The summed E-state index contributed by atoms with van der Waals surface area (Å²) in [5.41, 5.74) is 0.788. The van der Waals surface area contributed by atoms with E-state index in [1.165, 1.54) is 12.1 Å². The zero-order valence-electron chi connectivity index (χ0n) is 22.3. The molecule has 2 aromatic rings. The molecule has 7 nitrogen and oxygen atoms in total. The fourth-order valence-electron chi connectivity index (χ4n) is 3.67. The van der Waals surface area contributed by atoms with Crippen molar-refractivity contribution in [2.75, 3.05) is 23.3 Å². The van der Waals surface area contributed by atoms with Crippen LogP contribution < -0.4 is 15.0 Å². The summed E-state index contributed by atoms with van der Waals surface area (Å²) in [7, 11) is -2.04. The van der Waals surface area contributed by atoms with Gasteiger partial charge in [0.2, 0.25) is 0 Å². The van der Waals surface area contributed by atoms with Crippen molar-refractivity contribution in [2.45, 2.75) is 84.3 Å². The van der Waals surface area contributed by atoms with E-state index in [2.05, 4.69) is 49.1 Å². The molecule has 0 amide bonds. The Morgan fingerprint density at radius 3 is 2.42 bits per heavy atom. The van der Waals surface area contributed by atoms with Crippen LogP contribution in [-0.2, 0) is 11.0 Å². The lowest BCUT2D eigenvalue weighted by atomic mass is 10.1. The zero-order chi connectivity index (χ0) is 26.7. The molecule has 198 valence electrons. The number of piperidine rings is 1. The molecule has 0 spiro atoms. The highest BCUT2D eigenvalue weighted by atomic mass is 28.4. The van der Waals surface area contributed by atoms with Crippen LogP contribution in [0.3, 0.4) is 0 Å². The number of hydrogen-bond donors (Lipinski definition) is 1. The van der Waals surface area contributed by atoms with Crippen molar-refractivity contribution in [1.82, 2.24) is 9.97 Å². The van der Waals surface area contributed by atoms with E-state index in [9.17, 15) is 13.6 Å². The fraction of sp³-hybridized carbons (Fsp3) is 0.577. The summed E-state index contributed by atoms with van der Waals surface area (Å²) in [4.78, 5) is 23.5. The van der Waals surface area contributed by atoms with E-state index in [1.807, 2.05) is 13.8 Å². The minimum Gasteiger partial charge on any atom is -0.487 e. The number of carbonyl (C=O) groups excluding carboxylic acids is 1. The summed E-state index contributed by atoms with van der Waals surface area (Å²) in [6.07, 6.45) is 1.75. The Kier molecular flexibility index (Phi) is 8.71. The van der Waals surface area contributed by atoms with Gasteiger partial charge in [0.25, 0.3) is 0 Å². The van der Waals surface area contributed by atoms with Crippen molar-refractivity contribution in [2.24, 2.45) is 0 Å². The highest BCUT2D eigenvalue weighted by Gasteiger charge is 2.37. The second-order valence-corrected chi connectivity index (χ2v) is 15.9. The topological polar surface area (TPSA) is 76.6 Å². The first-order valence-corrected chi connectivity index (χ1v) is 15.3. The molecule has 1 N–H and O–H groups in total. The van der Waals surface area contributed by atoms with Crippen LogP contribution in [0.5, 0.6) is 5.75 Å². The molecule has 1 aliphatic heterocycles. The Labute approximate surface area is 213 Å². The highest BCUT2D eigenvalue weighted by molar-refractivity contribution is 6.74. The summed E-state index contributed by atoms with van der Waals surface area (Å²) in [5, 5.41) is 3.39. The maximum Gasteiger partial charge on any atom is 0.192 e. The highest BCUT2D eigenvalue weighted by Crippen LogP contribution is 2.37. The summed E-state index contributed by atoms with van der Waals surface area (Å²) in [6, 6.07) is 3.43. The molecule has 10 heteroatoms. The SMILES string of the molecule is CC(C)Nc1nc(CO[Si](C)(C)C(C)(C)C)c(C=O)nc1N1CCC(Oc2ccc(F)cc2F)CC1. The van der Waals surface area contributed by atoms with Crippen LogP contribution in [0.15, 0.2) is 18.2 Å². The molecule has 0 bridgehead atoms. The molecular formula is C26H38F2N4O3Si. The number of anilines is 2. The van der Waals surface area contributed by atoms with E-state index in [0.717, 1.165) is 12.4 Å². The molecule has 0 radical (unpaired) electrons. The fourth-order valence-corrected chi connectivity index (χ4v) is 4.60. The van der Waals surface area contributed by atoms with Crippen molar-refractivity contribution >= 4 is 26.2 Å². The maximum absolute atomic E-state index is 14.0. The molecular weight excluding hydrogens is 482 g/mol. The molecule has 1 fully saturated rings. The van der Waals surface area contributed by atoms with Crippen LogP contribution in [-0.4, -0.2) is 49.8 Å². The number of carbonyl (C=O) groups is 1. The smallest absolute Gasteiger partial charge is 0.192 e. The Morgan fingerprint density at radius 2 is 1.86 bits per heavy atom. The van der Waals surface area contributed by atoms with Gasteiger partial charge in [-0.05, 0) is 44.1 Å². The minimum atomic E-state index is -2.04. The Balaban J connectivity index is 1.78. The van der Waals surface area contributed by atoms with Crippen molar-refractivity contribution < 1.29 is 22.7 Å². The van der Waals surface area contributed by atoms with Crippen LogP contribution in [0.25, 0.3) is 0 Å². The van der Waals surface area contributed by atoms with Crippen molar-refractivity contribution in [3.05, 3.63) is 41.2 Å². The summed E-state index contributed by atoms with van der Waals surface area (Å²) in [6.45, 7) is 16.3. The largest absolute Gasteiger partial charge is 0.487 e. The van der Waals surface area contributed by atoms with E-state index in [0.29, 0.717) is 43.3 Å². The monoisotopic (exact) mass is 520 g/mol. The molecule has 0 atom stereocenters. The van der Waals surface area contributed by atoms with Crippen molar-refractivity contribution in [3.63, 3.8) is 0 Å². The van der Waals surface area contributed by atoms with E-state index in [-0.39, 0.29) is 35.2 Å². The van der Waals surface area contributed by atoms with Gasteiger partial charge in [0, 0.05) is 38.0 Å². The normalized spacial score (nSPS) is 15.3. The maximum atomic E-state index is 14.0. The van der Waals surface area contributed by atoms with Crippen LogP contribution in [0.4, 0.5) is 20.4 Å². The molecule has 0 unspecified atom stereocenters. The molecule has 1 aromatic carbocycles. The summed E-state index contributed by atoms with van der Waals surface area (Å²) in [5.74, 6) is -0.0896. The van der Waals surface area contributed by atoms with Crippen molar-refractivity contribution in [3.8, 4) is 5.75 Å². The average Bonchev–Trinajstić information content (AvgIpc) is 2.79. The number of ether oxygens (including phenoxy) is 1. The summed E-state index contributed by atoms with van der Waals surface area (Å²) >= 11 is 0. The number of nitrogens with one attached hydrogen (secondary N) is 1. The lowest BCUT2D eigenvalue weighted by Gasteiger charge is -2.36. The van der Waals surface area contributed by atoms with E-state index >= 15 is 0 Å². The van der Waals surface area contributed by atoms with Crippen molar-refractivity contribution in [1.29, 1.82) is 0 Å². The third kappa shape index (κ3) is 6.79. The quantitative estimate of drug-likeness (QED) is 0.323. The minimum absolute atomic E-state index is 0.0317. The lowest BCUT2D eigenvalue weighted by Crippen LogP contribution is -2.41. The second-order valence-electron chi connectivity index (χ2n) is 11.1. The van der Waals surface area contributed by atoms with Crippen LogP contribution >= 0.6 is 0 Å². The van der Waals surface area contributed by atoms with E-state index < -0.39 is 20.0 Å².